The van der Waals surface area contributed by atoms with E-state index in [0.29, 0.717) is 28.2 Å². The minimum absolute atomic E-state index is 0.353. The molecule has 2 aliphatic rings. The third kappa shape index (κ3) is 4.19. The average molecular weight is 575 g/mol. The molecule has 5 aromatic rings. The van der Waals surface area contributed by atoms with Crippen LogP contribution in [-0.4, -0.2) is 35.7 Å². The summed E-state index contributed by atoms with van der Waals surface area (Å²) in [6, 6.07) is 31.2. The zero-order valence-electron chi connectivity index (χ0n) is 23.2. The molecule has 208 valence electrons. The number of aliphatic imine (C=N–C) groups is 2. The molecule has 0 spiro atoms. The fourth-order valence-corrected chi connectivity index (χ4v) is 5.76. The van der Waals surface area contributed by atoms with Crippen molar-refractivity contribution in [3.8, 4) is 17.2 Å². The van der Waals surface area contributed by atoms with Crippen LogP contribution in [0.5, 0.6) is 11.5 Å². The van der Waals surface area contributed by atoms with Gasteiger partial charge in [-0.1, -0.05) is 54.1 Å². The van der Waals surface area contributed by atoms with Crippen LogP contribution in [0.1, 0.15) is 22.9 Å². The number of para-hydroxylation sites is 4. The number of halogens is 1. The number of nitrogens with one attached hydrogen (secondary N) is 1. The number of hydrogen-bond donors (Lipinski definition) is 1. The van der Waals surface area contributed by atoms with Gasteiger partial charge in [0.2, 0.25) is 0 Å². The van der Waals surface area contributed by atoms with Gasteiger partial charge in [0.1, 0.15) is 0 Å². The lowest BCUT2D eigenvalue weighted by molar-refractivity contribution is 0.350. The lowest BCUT2D eigenvalue weighted by atomic mass is 9.92. The molecular formula is C33H27ClN6O2. The summed E-state index contributed by atoms with van der Waals surface area (Å²) in [5.41, 5.74) is 6.24. The number of ether oxygens (including phenoxy) is 2. The summed E-state index contributed by atoms with van der Waals surface area (Å²) in [6.45, 7) is 2.02. The monoisotopic (exact) mass is 574 g/mol. The third-order valence-electron chi connectivity index (χ3n) is 7.47. The van der Waals surface area contributed by atoms with Gasteiger partial charge < -0.3 is 19.7 Å². The Bertz CT molecular complexity index is 1860. The molecule has 0 fully saturated rings. The van der Waals surface area contributed by atoms with Crippen LogP contribution in [-0.2, 0) is 0 Å². The average Bonchev–Trinajstić information content (AvgIpc) is 3.37. The smallest absolute Gasteiger partial charge is 0.179 e. The molecule has 2 aliphatic heterocycles. The number of fused-ring (bicyclic) bond motifs is 4. The molecular weight excluding hydrogens is 548 g/mol. The minimum atomic E-state index is -0.353. The second-order valence-corrected chi connectivity index (χ2v) is 10.4. The Balaban J connectivity index is 1.52. The molecule has 1 aromatic heterocycles. The van der Waals surface area contributed by atoms with Crippen molar-refractivity contribution in [2.45, 2.75) is 13.0 Å². The number of methoxy groups -OCH3 is 2. The second kappa shape index (κ2) is 10.4. The zero-order chi connectivity index (χ0) is 28.8. The van der Waals surface area contributed by atoms with Gasteiger partial charge in [-0.2, -0.15) is 5.10 Å². The minimum Gasteiger partial charge on any atom is -0.493 e. The number of amidine groups is 2. The lowest BCUT2D eigenvalue weighted by Crippen LogP contribution is -2.46. The van der Waals surface area contributed by atoms with E-state index in [1.54, 1.807) is 14.2 Å². The van der Waals surface area contributed by atoms with Gasteiger partial charge in [0.15, 0.2) is 29.0 Å². The number of aryl methyl sites for hydroxylation is 1. The molecule has 9 heteroatoms. The SMILES string of the molecule is COc1cccc([C@H]2c3c(C)nn(-c4ccccc4)c3N=C3C(Nc4ccc(Cl)cc4)=Nc4ccccc4N32)c1OC. The largest absolute Gasteiger partial charge is 0.493 e. The molecule has 0 radical (unpaired) electrons. The summed E-state index contributed by atoms with van der Waals surface area (Å²) in [5.74, 6) is 3.28. The molecule has 42 heavy (non-hydrogen) atoms. The van der Waals surface area contributed by atoms with Crippen molar-refractivity contribution in [3.63, 3.8) is 0 Å². The van der Waals surface area contributed by atoms with Crippen molar-refractivity contribution >= 4 is 46.2 Å². The van der Waals surface area contributed by atoms with Gasteiger partial charge in [0.25, 0.3) is 0 Å². The first-order chi connectivity index (χ1) is 20.6. The fourth-order valence-electron chi connectivity index (χ4n) is 5.64. The molecule has 7 rings (SSSR count). The van der Waals surface area contributed by atoms with Gasteiger partial charge in [-0.3, -0.25) is 0 Å². The van der Waals surface area contributed by atoms with E-state index in [0.717, 1.165) is 45.4 Å². The maximum atomic E-state index is 6.18. The highest BCUT2D eigenvalue weighted by atomic mass is 35.5. The van der Waals surface area contributed by atoms with E-state index in [2.05, 4.69) is 22.3 Å². The van der Waals surface area contributed by atoms with Crippen LogP contribution in [0.25, 0.3) is 5.69 Å². The van der Waals surface area contributed by atoms with E-state index >= 15 is 0 Å². The first-order valence-electron chi connectivity index (χ1n) is 13.5. The molecule has 1 atom stereocenters. The topological polar surface area (TPSA) is 76.3 Å². The van der Waals surface area contributed by atoms with E-state index in [1.165, 1.54) is 0 Å². The molecule has 0 saturated carbocycles. The Kier molecular flexibility index (Phi) is 6.40. The molecule has 0 unspecified atom stereocenters. The Morgan fingerprint density at radius 1 is 0.810 bits per heavy atom. The number of aromatic nitrogens is 2. The van der Waals surface area contributed by atoms with Gasteiger partial charge in [0.05, 0.1) is 43.0 Å². The van der Waals surface area contributed by atoms with Crippen molar-refractivity contribution in [1.82, 2.24) is 9.78 Å². The Labute approximate surface area is 248 Å². The molecule has 0 aliphatic carbocycles. The second-order valence-electron chi connectivity index (χ2n) is 9.94. The van der Waals surface area contributed by atoms with E-state index in [-0.39, 0.29) is 6.04 Å². The molecule has 0 amide bonds. The molecule has 1 N–H and O–H groups in total. The van der Waals surface area contributed by atoms with Crippen LogP contribution in [0.2, 0.25) is 5.02 Å². The van der Waals surface area contributed by atoms with Gasteiger partial charge in [-0.25, -0.2) is 14.7 Å². The van der Waals surface area contributed by atoms with Gasteiger partial charge in [-0.05, 0) is 61.5 Å². The van der Waals surface area contributed by atoms with E-state index in [1.807, 2.05) is 96.5 Å². The molecule has 4 aromatic carbocycles. The third-order valence-corrected chi connectivity index (χ3v) is 7.73. The first kappa shape index (κ1) is 25.9. The van der Waals surface area contributed by atoms with Gasteiger partial charge >= 0.3 is 0 Å². The van der Waals surface area contributed by atoms with Crippen LogP contribution >= 0.6 is 11.6 Å². The normalized spacial score (nSPS) is 15.1. The maximum Gasteiger partial charge on any atom is 0.179 e. The van der Waals surface area contributed by atoms with Crippen molar-refractivity contribution in [1.29, 1.82) is 0 Å². The van der Waals surface area contributed by atoms with Crippen LogP contribution in [0.15, 0.2) is 107 Å². The van der Waals surface area contributed by atoms with Crippen molar-refractivity contribution in [3.05, 3.63) is 119 Å². The predicted molar refractivity (Wildman–Crippen MR) is 168 cm³/mol. The summed E-state index contributed by atoms with van der Waals surface area (Å²) in [5, 5.41) is 9.16. The maximum absolute atomic E-state index is 6.18. The van der Waals surface area contributed by atoms with E-state index < -0.39 is 0 Å². The van der Waals surface area contributed by atoms with Crippen LogP contribution in [0.4, 0.5) is 22.9 Å². The quantitative estimate of drug-likeness (QED) is 0.233. The highest BCUT2D eigenvalue weighted by molar-refractivity contribution is 6.51. The van der Waals surface area contributed by atoms with Crippen molar-refractivity contribution in [2.24, 2.45) is 9.98 Å². The van der Waals surface area contributed by atoms with Crippen molar-refractivity contribution in [2.75, 3.05) is 24.4 Å². The highest BCUT2D eigenvalue weighted by Crippen LogP contribution is 2.51. The van der Waals surface area contributed by atoms with E-state index in [4.69, 9.17) is 36.2 Å². The fraction of sp³-hybridized carbons (Fsp3) is 0.121. The van der Waals surface area contributed by atoms with Crippen molar-refractivity contribution < 1.29 is 9.47 Å². The molecule has 8 nitrogen and oxygen atoms in total. The summed E-state index contributed by atoms with van der Waals surface area (Å²) in [4.78, 5) is 12.5. The zero-order valence-corrected chi connectivity index (χ0v) is 24.0. The summed E-state index contributed by atoms with van der Waals surface area (Å²) in [6.07, 6.45) is 0. The number of hydrogen-bond acceptors (Lipinski definition) is 7. The standard InChI is InChI=1S/C33H27ClN6O2/c1-20-28-29(24-12-9-15-27(41-2)30(24)42-3)39-26-14-8-7-13-25(26)36-31(35-22-18-16-21(34)17-19-22)33(39)37-32(28)40(38-20)23-10-5-4-6-11-23/h4-19,29H,1-3H3,(H,35,36)/t29-/m0/s1. The summed E-state index contributed by atoms with van der Waals surface area (Å²) >= 11 is 6.18. The summed E-state index contributed by atoms with van der Waals surface area (Å²) < 4.78 is 13.6. The number of rotatable bonds is 5. The lowest BCUT2D eigenvalue weighted by Gasteiger charge is -2.41. The highest BCUT2D eigenvalue weighted by Gasteiger charge is 2.42. The molecule has 0 saturated heterocycles. The number of anilines is 2. The van der Waals surface area contributed by atoms with Crippen LogP contribution in [0.3, 0.4) is 0 Å². The first-order valence-corrected chi connectivity index (χ1v) is 13.9. The van der Waals surface area contributed by atoms with Crippen LogP contribution in [0, 0.1) is 6.92 Å². The predicted octanol–water partition coefficient (Wildman–Crippen LogP) is 7.65. The summed E-state index contributed by atoms with van der Waals surface area (Å²) in [7, 11) is 3.32. The number of benzene rings is 4. The molecule has 0 bridgehead atoms. The Hall–Kier alpha value is -5.08. The molecule has 3 heterocycles. The number of nitrogens with zero attached hydrogens (tertiary/aromatic N) is 5. The Morgan fingerprint density at radius 2 is 1.57 bits per heavy atom. The van der Waals surface area contributed by atoms with Gasteiger partial charge in [0, 0.05) is 21.8 Å². The van der Waals surface area contributed by atoms with Crippen LogP contribution < -0.4 is 19.7 Å². The van der Waals surface area contributed by atoms with E-state index in [9.17, 15) is 0 Å². The van der Waals surface area contributed by atoms with Gasteiger partial charge in [-0.15, -0.1) is 0 Å². The Morgan fingerprint density at radius 3 is 2.33 bits per heavy atom.